The van der Waals surface area contributed by atoms with Gasteiger partial charge in [-0.2, -0.15) is 0 Å². The van der Waals surface area contributed by atoms with Gasteiger partial charge in [0.05, 0.1) is 4.83 Å². The van der Waals surface area contributed by atoms with Crippen LogP contribution in [-0.4, -0.2) is 17.3 Å². The predicted molar refractivity (Wildman–Crippen MR) is 73.2 cm³/mol. The van der Waals surface area contributed by atoms with Crippen molar-refractivity contribution in [1.82, 2.24) is 0 Å². The largest absolute Gasteiger partial charge is 0.311 e. The maximum absolute atomic E-state index is 12.0. The second-order valence-corrected chi connectivity index (χ2v) is 5.99. The summed E-state index contributed by atoms with van der Waals surface area (Å²) >= 11 is 6.89. The zero-order valence-electron chi connectivity index (χ0n) is 9.04. The van der Waals surface area contributed by atoms with Crippen LogP contribution in [0, 0.1) is 6.92 Å². The SMILES string of the molecule is Cc1cc(N2CCCC(Br)C2=O)ccc1Br. The van der Waals surface area contributed by atoms with E-state index in [0.29, 0.717) is 0 Å². The summed E-state index contributed by atoms with van der Waals surface area (Å²) in [6.07, 6.45) is 1.99. The smallest absolute Gasteiger partial charge is 0.240 e. The molecule has 1 aromatic rings. The average molecular weight is 347 g/mol. The number of aryl methyl sites for hydroxylation is 1. The fourth-order valence-electron chi connectivity index (χ4n) is 1.88. The topological polar surface area (TPSA) is 20.3 Å². The highest BCUT2D eigenvalue weighted by Crippen LogP contribution is 2.27. The van der Waals surface area contributed by atoms with E-state index in [1.807, 2.05) is 30.0 Å². The summed E-state index contributed by atoms with van der Waals surface area (Å²) < 4.78 is 1.08. The van der Waals surface area contributed by atoms with Crippen molar-refractivity contribution in [3.8, 4) is 0 Å². The number of alkyl halides is 1. The number of piperidine rings is 1. The monoisotopic (exact) mass is 345 g/mol. The highest BCUT2D eigenvalue weighted by atomic mass is 79.9. The summed E-state index contributed by atoms with van der Waals surface area (Å²) in [4.78, 5) is 13.8. The molecule has 1 atom stereocenters. The molecule has 4 heteroatoms. The van der Waals surface area contributed by atoms with Gasteiger partial charge in [-0.05, 0) is 43.5 Å². The van der Waals surface area contributed by atoms with Gasteiger partial charge in [0.2, 0.25) is 5.91 Å². The number of hydrogen-bond donors (Lipinski definition) is 0. The summed E-state index contributed by atoms with van der Waals surface area (Å²) in [5.41, 5.74) is 2.15. The van der Waals surface area contributed by atoms with E-state index in [-0.39, 0.29) is 10.7 Å². The lowest BCUT2D eigenvalue weighted by Gasteiger charge is -2.30. The standard InChI is InChI=1S/C12H13Br2NO/c1-8-7-9(4-5-10(8)13)15-6-2-3-11(14)12(15)16/h4-5,7,11H,2-3,6H2,1H3. The quantitative estimate of drug-likeness (QED) is 0.711. The lowest BCUT2D eigenvalue weighted by molar-refractivity contribution is -0.118. The van der Waals surface area contributed by atoms with E-state index < -0.39 is 0 Å². The fraction of sp³-hybridized carbons (Fsp3) is 0.417. The molecule has 2 rings (SSSR count). The molecule has 0 spiro atoms. The van der Waals surface area contributed by atoms with Gasteiger partial charge < -0.3 is 4.90 Å². The molecule has 0 aliphatic carbocycles. The molecular formula is C12H13Br2NO. The molecule has 16 heavy (non-hydrogen) atoms. The average Bonchev–Trinajstić information content (AvgIpc) is 2.26. The minimum atomic E-state index is -0.0230. The molecule has 2 nitrogen and oxygen atoms in total. The van der Waals surface area contributed by atoms with Crippen molar-refractivity contribution in [2.24, 2.45) is 0 Å². The van der Waals surface area contributed by atoms with Gasteiger partial charge in [-0.3, -0.25) is 4.79 Å². The number of rotatable bonds is 1. The Balaban J connectivity index is 2.29. The fourth-order valence-corrected chi connectivity index (χ4v) is 2.70. The molecule has 0 bridgehead atoms. The normalized spacial score (nSPS) is 21.3. The van der Waals surface area contributed by atoms with E-state index >= 15 is 0 Å². The summed E-state index contributed by atoms with van der Waals surface area (Å²) in [6.45, 7) is 2.86. The summed E-state index contributed by atoms with van der Waals surface area (Å²) in [7, 11) is 0. The van der Waals surface area contributed by atoms with E-state index in [2.05, 4.69) is 31.9 Å². The molecule has 1 aromatic carbocycles. The first-order chi connectivity index (χ1) is 7.59. The minimum absolute atomic E-state index is 0.0230. The Hall–Kier alpha value is -0.350. The van der Waals surface area contributed by atoms with Crippen LogP contribution in [0.1, 0.15) is 18.4 Å². The van der Waals surface area contributed by atoms with Gasteiger partial charge in [0.1, 0.15) is 0 Å². The minimum Gasteiger partial charge on any atom is -0.311 e. The van der Waals surface area contributed by atoms with Crippen molar-refractivity contribution in [2.75, 3.05) is 11.4 Å². The van der Waals surface area contributed by atoms with Crippen molar-refractivity contribution < 1.29 is 4.79 Å². The molecule has 1 aliphatic heterocycles. The van der Waals surface area contributed by atoms with Crippen molar-refractivity contribution >= 4 is 43.5 Å². The molecular weight excluding hydrogens is 334 g/mol. The molecule has 1 unspecified atom stereocenters. The third-order valence-electron chi connectivity index (χ3n) is 2.83. The van der Waals surface area contributed by atoms with Crippen LogP contribution in [0.3, 0.4) is 0 Å². The van der Waals surface area contributed by atoms with Crippen molar-refractivity contribution in [3.05, 3.63) is 28.2 Å². The van der Waals surface area contributed by atoms with Gasteiger partial charge in [0.15, 0.2) is 0 Å². The number of carbonyl (C=O) groups is 1. The molecule has 1 fully saturated rings. The van der Waals surface area contributed by atoms with E-state index in [0.717, 1.165) is 35.1 Å². The Bertz CT molecular complexity index is 419. The van der Waals surface area contributed by atoms with E-state index in [1.54, 1.807) is 0 Å². The van der Waals surface area contributed by atoms with Crippen LogP contribution in [-0.2, 0) is 4.79 Å². The van der Waals surface area contributed by atoms with Gasteiger partial charge in [0.25, 0.3) is 0 Å². The van der Waals surface area contributed by atoms with Gasteiger partial charge in [0, 0.05) is 16.7 Å². The van der Waals surface area contributed by atoms with Crippen LogP contribution in [0.4, 0.5) is 5.69 Å². The summed E-state index contributed by atoms with van der Waals surface area (Å²) in [5.74, 6) is 0.174. The highest BCUT2D eigenvalue weighted by Gasteiger charge is 2.27. The zero-order valence-corrected chi connectivity index (χ0v) is 12.2. The number of carbonyl (C=O) groups excluding carboxylic acids is 1. The zero-order chi connectivity index (χ0) is 11.7. The van der Waals surface area contributed by atoms with Gasteiger partial charge in [-0.1, -0.05) is 31.9 Å². The first-order valence-corrected chi connectivity index (χ1v) is 7.02. The third kappa shape index (κ3) is 2.33. The van der Waals surface area contributed by atoms with Gasteiger partial charge in [-0.15, -0.1) is 0 Å². The van der Waals surface area contributed by atoms with Gasteiger partial charge >= 0.3 is 0 Å². The molecule has 1 amide bonds. The lowest BCUT2D eigenvalue weighted by Crippen LogP contribution is -2.41. The highest BCUT2D eigenvalue weighted by molar-refractivity contribution is 9.10. The summed E-state index contributed by atoms with van der Waals surface area (Å²) in [5, 5.41) is 0. The van der Waals surface area contributed by atoms with Crippen molar-refractivity contribution in [1.29, 1.82) is 0 Å². The Morgan fingerprint density at radius 1 is 1.44 bits per heavy atom. The molecule has 0 saturated carbocycles. The number of halogens is 2. The molecule has 1 heterocycles. The third-order valence-corrected chi connectivity index (χ3v) is 4.57. The number of anilines is 1. The first kappa shape index (κ1) is 12.1. The molecule has 0 N–H and O–H groups in total. The second kappa shape index (κ2) is 4.88. The van der Waals surface area contributed by atoms with E-state index in [4.69, 9.17) is 0 Å². The van der Waals surface area contributed by atoms with Crippen LogP contribution in [0.5, 0.6) is 0 Å². The molecule has 1 aliphatic rings. The van der Waals surface area contributed by atoms with Crippen LogP contribution in [0.15, 0.2) is 22.7 Å². The van der Waals surface area contributed by atoms with E-state index in [9.17, 15) is 4.79 Å². The first-order valence-electron chi connectivity index (χ1n) is 5.31. The molecule has 1 saturated heterocycles. The van der Waals surface area contributed by atoms with Gasteiger partial charge in [-0.25, -0.2) is 0 Å². The predicted octanol–water partition coefficient (Wildman–Crippen LogP) is 3.65. The van der Waals surface area contributed by atoms with Crippen molar-refractivity contribution in [2.45, 2.75) is 24.6 Å². The molecule has 0 radical (unpaired) electrons. The number of nitrogens with zero attached hydrogens (tertiary/aromatic N) is 1. The maximum Gasteiger partial charge on any atom is 0.240 e. The van der Waals surface area contributed by atoms with Crippen LogP contribution in [0.2, 0.25) is 0 Å². The second-order valence-electron chi connectivity index (χ2n) is 4.03. The maximum atomic E-state index is 12.0. The number of amides is 1. The molecule has 86 valence electrons. The Morgan fingerprint density at radius 3 is 2.88 bits per heavy atom. The van der Waals surface area contributed by atoms with Crippen molar-refractivity contribution in [3.63, 3.8) is 0 Å². The number of hydrogen-bond acceptors (Lipinski definition) is 1. The van der Waals surface area contributed by atoms with Crippen LogP contribution >= 0.6 is 31.9 Å². The van der Waals surface area contributed by atoms with E-state index in [1.165, 1.54) is 0 Å². The van der Waals surface area contributed by atoms with Crippen LogP contribution in [0.25, 0.3) is 0 Å². The lowest BCUT2D eigenvalue weighted by atomic mass is 10.1. The van der Waals surface area contributed by atoms with Crippen LogP contribution < -0.4 is 4.90 Å². The Kier molecular flexibility index (Phi) is 3.70. The Morgan fingerprint density at radius 2 is 2.19 bits per heavy atom. The number of benzene rings is 1. The molecule has 0 aromatic heterocycles. The Labute approximate surface area is 112 Å². The summed E-state index contributed by atoms with van der Waals surface area (Å²) in [6, 6.07) is 6.03.